The first-order chi connectivity index (χ1) is 8.11. The highest BCUT2D eigenvalue weighted by molar-refractivity contribution is 8.13. The van der Waals surface area contributed by atoms with Crippen LogP contribution in [0.25, 0.3) is 0 Å². The minimum absolute atomic E-state index is 0.340. The monoisotopic (exact) mass is 255 g/mol. The second-order valence-corrected chi connectivity index (χ2v) is 5.39. The van der Waals surface area contributed by atoms with Crippen LogP contribution in [0.4, 0.5) is 0 Å². The van der Waals surface area contributed by atoms with E-state index >= 15 is 0 Å². The van der Waals surface area contributed by atoms with Crippen molar-refractivity contribution in [1.82, 2.24) is 5.01 Å². The maximum absolute atomic E-state index is 6.46. The summed E-state index contributed by atoms with van der Waals surface area (Å²) in [4.78, 5) is 9.01. The van der Waals surface area contributed by atoms with Crippen molar-refractivity contribution in [2.24, 2.45) is 27.5 Å². The smallest absolute Gasteiger partial charge is 0.204 e. The molecule has 4 N–H and O–H groups in total. The molecule has 1 fully saturated rings. The molecule has 1 atom stereocenters. The molecule has 1 heterocycles. The Bertz CT molecular complexity index is 348. The van der Waals surface area contributed by atoms with Crippen LogP contribution in [0.5, 0.6) is 0 Å². The van der Waals surface area contributed by atoms with Crippen LogP contribution in [0.1, 0.15) is 39.0 Å². The van der Waals surface area contributed by atoms with Crippen molar-refractivity contribution < 1.29 is 0 Å². The zero-order chi connectivity index (χ0) is 12.5. The zero-order valence-corrected chi connectivity index (χ0v) is 11.3. The SMILES string of the molecule is CCC1=NC(N)(C2CCCC2)N(N)C(SC)=N1. The minimum Gasteiger partial charge on any atom is -0.288 e. The molecule has 96 valence electrons. The molecule has 6 heteroatoms. The summed E-state index contributed by atoms with van der Waals surface area (Å²) in [6.07, 6.45) is 7.41. The molecule has 0 radical (unpaired) electrons. The number of rotatable bonds is 2. The van der Waals surface area contributed by atoms with E-state index in [1.807, 2.05) is 13.2 Å². The predicted molar refractivity (Wildman–Crippen MR) is 73.6 cm³/mol. The normalized spacial score (nSPS) is 30.5. The summed E-state index contributed by atoms with van der Waals surface area (Å²) in [7, 11) is 0. The molecule has 0 aromatic rings. The summed E-state index contributed by atoms with van der Waals surface area (Å²) >= 11 is 1.52. The highest BCUT2D eigenvalue weighted by Crippen LogP contribution is 2.37. The van der Waals surface area contributed by atoms with Crippen LogP contribution in [-0.2, 0) is 0 Å². The topological polar surface area (TPSA) is 80.0 Å². The van der Waals surface area contributed by atoms with Crippen molar-refractivity contribution in [2.75, 3.05) is 6.26 Å². The van der Waals surface area contributed by atoms with E-state index in [0.29, 0.717) is 5.92 Å². The molecule has 2 aliphatic rings. The third-order valence-corrected chi connectivity index (χ3v) is 4.23. The highest BCUT2D eigenvalue weighted by Gasteiger charge is 2.44. The standard InChI is InChI=1S/C11H21N5S/c1-3-9-14-10(17-2)16(13)11(12,15-9)8-6-4-5-7-8/h8H,3-7,12-13H2,1-2H3. The van der Waals surface area contributed by atoms with Crippen molar-refractivity contribution in [3.8, 4) is 0 Å². The largest absolute Gasteiger partial charge is 0.288 e. The lowest BCUT2D eigenvalue weighted by Gasteiger charge is -2.42. The third-order valence-electron chi connectivity index (χ3n) is 3.58. The Balaban J connectivity index is 2.32. The van der Waals surface area contributed by atoms with Crippen molar-refractivity contribution >= 4 is 22.8 Å². The van der Waals surface area contributed by atoms with Gasteiger partial charge in [0.05, 0.1) is 0 Å². The fourth-order valence-electron chi connectivity index (χ4n) is 2.54. The van der Waals surface area contributed by atoms with Gasteiger partial charge in [0, 0.05) is 12.3 Å². The van der Waals surface area contributed by atoms with Crippen molar-refractivity contribution in [3.63, 3.8) is 0 Å². The molecular formula is C11H21N5S. The van der Waals surface area contributed by atoms with Crippen LogP contribution in [0.2, 0.25) is 0 Å². The Morgan fingerprint density at radius 1 is 1.47 bits per heavy atom. The second kappa shape index (κ2) is 4.96. The van der Waals surface area contributed by atoms with Gasteiger partial charge >= 0.3 is 0 Å². The molecule has 0 aromatic carbocycles. The molecule has 0 amide bonds. The summed E-state index contributed by atoms with van der Waals surface area (Å²) in [5.74, 6) is 6.47. The summed E-state index contributed by atoms with van der Waals surface area (Å²) in [6, 6.07) is 0. The van der Waals surface area contributed by atoms with E-state index < -0.39 is 5.79 Å². The molecule has 1 unspecified atom stereocenters. The molecule has 0 aromatic heterocycles. The molecule has 1 aliphatic heterocycles. The van der Waals surface area contributed by atoms with Crippen molar-refractivity contribution in [3.05, 3.63) is 0 Å². The average molecular weight is 255 g/mol. The van der Waals surface area contributed by atoms with Gasteiger partial charge in [0.2, 0.25) is 5.79 Å². The third kappa shape index (κ3) is 2.21. The average Bonchev–Trinajstić information content (AvgIpc) is 2.86. The molecular weight excluding hydrogens is 234 g/mol. The number of hydrazine groups is 1. The minimum atomic E-state index is -0.790. The van der Waals surface area contributed by atoms with Gasteiger partial charge in [-0.25, -0.2) is 20.8 Å². The molecule has 17 heavy (non-hydrogen) atoms. The van der Waals surface area contributed by atoms with E-state index in [2.05, 4.69) is 9.98 Å². The Labute approximate surface area is 107 Å². The number of aliphatic imine (C=N–C) groups is 2. The predicted octanol–water partition coefficient (Wildman–Crippen LogP) is 1.51. The molecule has 0 spiro atoms. The van der Waals surface area contributed by atoms with E-state index in [-0.39, 0.29) is 0 Å². The van der Waals surface area contributed by atoms with E-state index in [0.717, 1.165) is 30.3 Å². The van der Waals surface area contributed by atoms with Gasteiger partial charge in [-0.3, -0.25) is 5.73 Å². The van der Waals surface area contributed by atoms with Crippen molar-refractivity contribution in [2.45, 2.75) is 44.8 Å². The van der Waals surface area contributed by atoms with Gasteiger partial charge in [0.15, 0.2) is 5.17 Å². The fourth-order valence-corrected chi connectivity index (χ4v) is 3.08. The summed E-state index contributed by atoms with van der Waals surface area (Å²) in [5, 5.41) is 2.33. The van der Waals surface area contributed by atoms with E-state index in [1.54, 1.807) is 5.01 Å². The molecule has 0 bridgehead atoms. The van der Waals surface area contributed by atoms with Gasteiger partial charge in [0.25, 0.3) is 0 Å². The van der Waals surface area contributed by atoms with Crippen LogP contribution in [0, 0.1) is 5.92 Å². The first-order valence-corrected chi connectivity index (χ1v) is 7.39. The number of thioether (sulfide) groups is 1. The summed E-state index contributed by atoms with van der Waals surface area (Å²) < 4.78 is 0. The molecule has 0 saturated heterocycles. The lowest BCUT2D eigenvalue weighted by Crippen LogP contribution is -2.65. The van der Waals surface area contributed by atoms with Gasteiger partial charge in [-0.05, 0) is 19.1 Å². The maximum atomic E-state index is 6.46. The lowest BCUT2D eigenvalue weighted by molar-refractivity contribution is 0.111. The van der Waals surface area contributed by atoms with Crippen LogP contribution in [0.3, 0.4) is 0 Å². The van der Waals surface area contributed by atoms with Crippen LogP contribution in [-0.4, -0.2) is 28.1 Å². The quantitative estimate of drug-likeness (QED) is 0.733. The molecule has 2 rings (SSSR count). The molecule has 5 nitrogen and oxygen atoms in total. The Kier molecular flexibility index (Phi) is 3.75. The summed E-state index contributed by atoms with van der Waals surface area (Å²) in [5.41, 5.74) is 6.46. The van der Waals surface area contributed by atoms with Gasteiger partial charge < -0.3 is 0 Å². The Morgan fingerprint density at radius 3 is 2.65 bits per heavy atom. The van der Waals surface area contributed by atoms with Crippen LogP contribution >= 0.6 is 11.8 Å². The number of amidine groups is 2. The van der Waals surface area contributed by atoms with E-state index in [4.69, 9.17) is 11.6 Å². The first-order valence-electron chi connectivity index (χ1n) is 6.17. The lowest BCUT2D eigenvalue weighted by atomic mass is 9.98. The maximum Gasteiger partial charge on any atom is 0.204 e. The first kappa shape index (κ1) is 12.9. The summed E-state index contributed by atoms with van der Waals surface area (Å²) in [6.45, 7) is 2.04. The number of hydrogen-bond acceptors (Lipinski definition) is 6. The molecule has 1 aliphatic carbocycles. The van der Waals surface area contributed by atoms with E-state index in [9.17, 15) is 0 Å². The van der Waals surface area contributed by atoms with E-state index in [1.165, 1.54) is 24.6 Å². The van der Waals surface area contributed by atoms with Gasteiger partial charge in [0.1, 0.15) is 5.84 Å². The Hall–Kier alpha value is -0.590. The fraction of sp³-hybridized carbons (Fsp3) is 0.818. The van der Waals surface area contributed by atoms with Crippen LogP contribution in [0.15, 0.2) is 9.98 Å². The van der Waals surface area contributed by atoms with Crippen LogP contribution < -0.4 is 11.6 Å². The number of nitrogens with two attached hydrogens (primary N) is 2. The molecule has 1 saturated carbocycles. The number of hydrogen-bond donors (Lipinski definition) is 2. The van der Waals surface area contributed by atoms with Gasteiger partial charge in [-0.15, -0.1) is 0 Å². The highest BCUT2D eigenvalue weighted by atomic mass is 32.2. The zero-order valence-electron chi connectivity index (χ0n) is 10.5. The Morgan fingerprint density at radius 2 is 2.12 bits per heavy atom. The second-order valence-electron chi connectivity index (χ2n) is 4.61. The number of nitrogens with zero attached hydrogens (tertiary/aromatic N) is 3. The van der Waals surface area contributed by atoms with Crippen molar-refractivity contribution in [1.29, 1.82) is 0 Å². The van der Waals surface area contributed by atoms with Gasteiger partial charge in [-0.2, -0.15) is 0 Å². The van der Waals surface area contributed by atoms with Gasteiger partial charge in [-0.1, -0.05) is 31.5 Å².